The molecule has 3 fully saturated rings. The summed E-state index contributed by atoms with van der Waals surface area (Å²) >= 11 is 5.64. The van der Waals surface area contributed by atoms with Crippen molar-refractivity contribution < 1.29 is 28.6 Å². The lowest BCUT2D eigenvalue weighted by atomic mass is 9.60. The number of halogens is 2. The highest BCUT2D eigenvalue weighted by atomic mass is 35.5. The molecule has 5 rings (SSSR count). The number of hydrogen-bond acceptors (Lipinski definition) is 7. The van der Waals surface area contributed by atoms with E-state index in [0.717, 1.165) is 6.07 Å². The van der Waals surface area contributed by atoms with E-state index >= 15 is 0 Å². The zero-order valence-corrected chi connectivity index (χ0v) is 18.5. The lowest BCUT2D eigenvalue weighted by Gasteiger charge is -2.56. The van der Waals surface area contributed by atoms with Crippen LogP contribution in [0.15, 0.2) is 36.7 Å². The molecular weight excluding hydrogens is 455 g/mol. The summed E-state index contributed by atoms with van der Waals surface area (Å²) in [5.41, 5.74) is -1.34. The summed E-state index contributed by atoms with van der Waals surface area (Å²) in [6.45, 7) is -0.553. The Balaban J connectivity index is 1.28. The van der Waals surface area contributed by atoms with Gasteiger partial charge in [-0.15, -0.1) is 0 Å². The molecule has 3 aliphatic rings. The molecule has 33 heavy (non-hydrogen) atoms. The molecule has 0 aliphatic heterocycles. The minimum atomic E-state index is -0.830. The highest BCUT2D eigenvalue weighted by molar-refractivity contribution is 6.30. The van der Waals surface area contributed by atoms with Gasteiger partial charge in [-0.1, -0.05) is 11.6 Å². The summed E-state index contributed by atoms with van der Waals surface area (Å²) in [7, 11) is 0. The van der Waals surface area contributed by atoms with E-state index in [0.29, 0.717) is 32.1 Å². The Morgan fingerprint density at radius 1 is 1.09 bits per heavy atom. The maximum absolute atomic E-state index is 13.5. The molecule has 3 saturated carbocycles. The summed E-state index contributed by atoms with van der Waals surface area (Å²) in [6, 6.07) is 5.69. The molecule has 0 unspecified atom stereocenters. The van der Waals surface area contributed by atoms with Crippen molar-refractivity contribution in [1.82, 2.24) is 20.6 Å². The van der Waals surface area contributed by atoms with Gasteiger partial charge in [-0.2, -0.15) is 0 Å². The number of aliphatic hydroxyl groups is 1. The number of amides is 2. The number of fused-ring (bicyclic) bond motifs is 3. The molecule has 11 heteroatoms. The number of carbonyl (C=O) groups is 2. The second kappa shape index (κ2) is 9.48. The Bertz CT molecular complexity index is 1020. The van der Waals surface area contributed by atoms with Gasteiger partial charge < -0.3 is 25.2 Å². The quantitative estimate of drug-likeness (QED) is 0.528. The molecule has 0 saturated heterocycles. The molecule has 2 bridgehead atoms. The van der Waals surface area contributed by atoms with Crippen LogP contribution in [0.3, 0.4) is 0 Å². The lowest BCUT2D eigenvalue weighted by molar-refractivity contribution is -0.137. The van der Waals surface area contributed by atoms with Crippen molar-refractivity contribution in [2.45, 2.75) is 49.3 Å². The predicted octanol–water partition coefficient (Wildman–Crippen LogP) is 1.78. The van der Waals surface area contributed by atoms with Gasteiger partial charge in [-0.3, -0.25) is 9.59 Å². The number of benzene rings is 1. The second-order valence-corrected chi connectivity index (χ2v) is 8.84. The van der Waals surface area contributed by atoms with E-state index in [2.05, 4.69) is 20.6 Å². The highest BCUT2D eigenvalue weighted by Crippen LogP contribution is 2.47. The second-order valence-electron chi connectivity index (χ2n) is 8.44. The molecule has 0 radical (unpaired) electrons. The molecule has 3 aliphatic carbocycles. The Kier molecular flexibility index (Phi) is 6.66. The zero-order chi connectivity index (χ0) is 23.5. The predicted molar refractivity (Wildman–Crippen MR) is 115 cm³/mol. The van der Waals surface area contributed by atoms with E-state index in [1.807, 2.05) is 0 Å². The van der Waals surface area contributed by atoms with E-state index in [9.17, 15) is 19.1 Å². The third-order valence-electron chi connectivity index (χ3n) is 6.25. The zero-order valence-electron chi connectivity index (χ0n) is 17.7. The number of rotatable bonds is 8. The molecule has 9 nitrogen and oxygen atoms in total. The van der Waals surface area contributed by atoms with Gasteiger partial charge in [-0.25, -0.2) is 14.4 Å². The van der Waals surface area contributed by atoms with Crippen molar-refractivity contribution in [3.05, 3.63) is 47.5 Å². The van der Waals surface area contributed by atoms with E-state index in [1.165, 1.54) is 24.5 Å². The fraction of sp³-hybridized carbons (Fsp3) is 0.455. The normalized spacial score (nSPS) is 25.8. The maximum atomic E-state index is 13.5. The maximum Gasteiger partial charge on any atom is 0.316 e. The van der Waals surface area contributed by atoms with Crippen LogP contribution in [0, 0.1) is 5.82 Å². The number of aliphatic hydroxyl groups excluding tert-OH is 1. The minimum Gasteiger partial charge on any atom is -0.484 e. The van der Waals surface area contributed by atoms with Crippen LogP contribution in [0.1, 0.15) is 32.1 Å². The topological polar surface area (TPSA) is 123 Å². The van der Waals surface area contributed by atoms with Crippen LogP contribution in [0.4, 0.5) is 4.39 Å². The Labute approximate surface area is 194 Å². The van der Waals surface area contributed by atoms with Crippen LogP contribution in [-0.4, -0.2) is 57.3 Å². The minimum absolute atomic E-state index is 0.0281. The van der Waals surface area contributed by atoms with Crippen LogP contribution in [-0.2, 0) is 9.59 Å². The van der Waals surface area contributed by atoms with Crippen molar-refractivity contribution in [1.29, 1.82) is 0 Å². The number of hydrogen-bond donors (Lipinski definition) is 3. The van der Waals surface area contributed by atoms with E-state index < -0.39 is 23.0 Å². The van der Waals surface area contributed by atoms with Gasteiger partial charge in [0.25, 0.3) is 11.8 Å². The van der Waals surface area contributed by atoms with Gasteiger partial charge in [0.1, 0.15) is 11.6 Å². The third kappa shape index (κ3) is 5.33. The standard InChI is InChI=1S/C22H24ClFN4O5/c23-15-3-2-14(10-16(15)24)32-12-18(30)27-21-4-6-22(7-5-21,17(29)11-21)28-19(31)13-33-20-25-8-1-9-26-20/h1-3,8-10,17,29H,4-7,11-13H2,(H,27,30)(H,28,31)/t17-,21?,22?/m1/s1. The van der Waals surface area contributed by atoms with Gasteiger partial charge in [-0.05, 0) is 50.3 Å². The van der Waals surface area contributed by atoms with Gasteiger partial charge >= 0.3 is 6.01 Å². The first-order chi connectivity index (χ1) is 15.8. The van der Waals surface area contributed by atoms with Crippen molar-refractivity contribution in [3.8, 4) is 11.8 Å². The fourth-order valence-corrected chi connectivity index (χ4v) is 4.63. The average molecular weight is 479 g/mol. The summed E-state index contributed by atoms with van der Waals surface area (Å²) in [5, 5.41) is 16.7. The molecule has 1 atom stereocenters. The first-order valence-electron chi connectivity index (χ1n) is 10.6. The summed E-state index contributed by atoms with van der Waals surface area (Å²) in [6.07, 6.45) is 4.69. The van der Waals surface area contributed by atoms with Crippen LogP contribution in [0.5, 0.6) is 11.8 Å². The lowest BCUT2D eigenvalue weighted by Crippen LogP contribution is -2.70. The van der Waals surface area contributed by atoms with Crippen molar-refractivity contribution >= 4 is 23.4 Å². The number of carbonyl (C=O) groups excluding carboxylic acids is 2. The monoisotopic (exact) mass is 478 g/mol. The van der Waals surface area contributed by atoms with E-state index in [1.54, 1.807) is 6.07 Å². The number of nitrogens with zero attached hydrogens (tertiary/aromatic N) is 2. The highest BCUT2D eigenvalue weighted by Gasteiger charge is 2.55. The van der Waals surface area contributed by atoms with Crippen LogP contribution in [0.2, 0.25) is 5.02 Å². The van der Waals surface area contributed by atoms with Gasteiger partial charge in [0.05, 0.1) is 16.7 Å². The molecular formula is C22H24ClFN4O5. The third-order valence-corrected chi connectivity index (χ3v) is 6.56. The fourth-order valence-electron chi connectivity index (χ4n) is 4.51. The van der Waals surface area contributed by atoms with Crippen molar-refractivity contribution in [3.63, 3.8) is 0 Å². The van der Waals surface area contributed by atoms with Gasteiger partial charge in [0, 0.05) is 24.0 Å². The first kappa shape index (κ1) is 23.2. The molecule has 3 N–H and O–H groups in total. The molecule has 0 spiro atoms. The molecule has 1 aromatic heterocycles. The Morgan fingerprint density at radius 2 is 1.76 bits per heavy atom. The Hall–Kier alpha value is -2.98. The average Bonchev–Trinajstić information content (AvgIpc) is 2.80. The molecule has 2 aromatic rings. The van der Waals surface area contributed by atoms with Crippen LogP contribution >= 0.6 is 11.6 Å². The number of aromatic nitrogens is 2. The first-order valence-corrected chi connectivity index (χ1v) is 10.9. The number of nitrogens with one attached hydrogen (secondary N) is 2. The summed E-state index contributed by atoms with van der Waals surface area (Å²) < 4.78 is 24.2. The SMILES string of the molecule is O=C(COc1ccc(Cl)c(F)c1)NC12CCC(NC(=O)COc3ncccn3)(CC1)[C@H](O)C2. The number of ether oxygens (including phenoxy) is 2. The van der Waals surface area contributed by atoms with Crippen LogP contribution in [0.25, 0.3) is 0 Å². The van der Waals surface area contributed by atoms with Gasteiger partial charge in [0.2, 0.25) is 0 Å². The summed E-state index contributed by atoms with van der Waals surface area (Å²) in [4.78, 5) is 32.7. The van der Waals surface area contributed by atoms with Crippen LogP contribution < -0.4 is 20.1 Å². The largest absolute Gasteiger partial charge is 0.484 e. The molecule has 176 valence electrons. The van der Waals surface area contributed by atoms with Gasteiger partial charge in [0.15, 0.2) is 13.2 Å². The van der Waals surface area contributed by atoms with E-state index in [4.69, 9.17) is 21.1 Å². The molecule has 1 aromatic carbocycles. The Morgan fingerprint density at radius 3 is 2.42 bits per heavy atom. The van der Waals surface area contributed by atoms with Crippen molar-refractivity contribution in [2.75, 3.05) is 13.2 Å². The van der Waals surface area contributed by atoms with Crippen molar-refractivity contribution in [2.24, 2.45) is 0 Å². The molecule has 2 amide bonds. The summed E-state index contributed by atoms with van der Waals surface area (Å²) in [5.74, 6) is -1.17. The molecule has 1 heterocycles. The smallest absolute Gasteiger partial charge is 0.316 e. The van der Waals surface area contributed by atoms with E-state index in [-0.39, 0.29) is 41.8 Å².